The third kappa shape index (κ3) is 7.70. The van der Waals surface area contributed by atoms with Crippen molar-refractivity contribution in [2.45, 2.75) is 6.42 Å². The Bertz CT molecular complexity index is 473. The van der Waals surface area contributed by atoms with Crippen molar-refractivity contribution in [3.63, 3.8) is 0 Å². The number of carboxylic acid groups (broad SMARTS) is 1. The molecule has 0 amide bonds. The summed E-state index contributed by atoms with van der Waals surface area (Å²) in [7, 11) is 1.62. The number of benzene rings is 1. The molecule has 5 nitrogen and oxygen atoms in total. The van der Waals surface area contributed by atoms with Crippen LogP contribution in [0.5, 0.6) is 5.75 Å². The number of carbonyl (C=O) groups is 1. The molecule has 116 valence electrons. The van der Waals surface area contributed by atoms with Crippen molar-refractivity contribution in [3.05, 3.63) is 34.9 Å². The van der Waals surface area contributed by atoms with E-state index >= 15 is 0 Å². The zero-order chi connectivity index (χ0) is 15.5. The maximum absolute atomic E-state index is 10.6. The lowest BCUT2D eigenvalue weighted by atomic mass is 10.2. The Balaban J connectivity index is 2.45. The molecule has 1 aromatic rings. The van der Waals surface area contributed by atoms with E-state index in [9.17, 15) is 4.79 Å². The predicted octanol–water partition coefficient (Wildman–Crippen LogP) is 2.87. The van der Waals surface area contributed by atoms with Crippen molar-refractivity contribution >= 4 is 23.6 Å². The van der Waals surface area contributed by atoms with E-state index in [2.05, 4.69) is 0 Å². The summed E-state index contributed by atoms with van der Waals surface area (Å²) in [4.78, 5) is 10.6. The molecule has 0 radical (unpaired) electrons. The smallest absolute Gasteiger partial charge is 0.328 e. The first-order chi connectivity index (χ1) is 10.1. The summed E-state index contributed by atoms with van der Waals surface area (Å²) in [5, 5.41) is 9.19. The molecule has 6 heteroatoms. The van der Waals surface area contributed by atoms with E-state index in [1.54, 1.807) is 25.3 Å². The van der Waals surface area contributed by atoms with E-state index in [4.69, 9.17) is 30.9 Å². The van der Waals surface area contributed by atoms with Gasteiger partial charge in [0, 0.05) is 36.8 Å². The van der Waals surface area contributed by atoms with Gasteiger partial charge < -0.3 is 19.3 Å². The number of carboxylic acids is 1. The minimum atomic E-state index is -1.02. The van der Waals surface area contributed by atoms with Crippen molar-refractivity contribution in [2.75, 3.05) is 33.5 Å². The highest BCUT2D eigenvalue weighted by molar-refractivity contribution is 6.30. The zero-order valence-electron chi connectivity index (χ0n) is 11.9. The maximum atomic E-state index is 10.6. The van der Waals surface area contributed by atoms with Gasteiger partial charge in [0.2, 0.25) is 0 Å². The van der Waals surface area contributed by atoms with E-state index in [1.165, 1.54) is 6.08 Å². The van der Waals surface area contributed by atoms with Gasteiger partial charge in [0.1, 0.15) is 5.75 Å². The normalized spacial score (nSPS) is 11.0. The van der Waals surface area contributed by atoms with Crippen molar-refractivity contribution < 1.29 is 24.1 Å². The molecule has 0 aliphatic carbocycles. The first-order valence-electron chi connectivity index (χ1n) is 6.53. The monoisotopic (exact) mass is 314 g/mol. The number of hydrogen-bond donors (Lipinski definition) is 1. The average molecular weight is 315 g/mol. The topological polar surface area (TPSA) is 65.0 Å². The fourth-order valence-electron chi connectivity index (χ4n) is 1.53. The van der Waals surface area contributed by atoms with Crippen LogP contribution in [0.1, 0.15) is 12.0 Å². The van der Waals surface area contributed by atoms with Crippen LogP contribution in [0.2, 0.25) is 5.02 Å². The molecule has 0 spiro atoms. The highest BCUT2D eigenvalue weighted by atomic mass is 35.5. The molecule has 0 heterocycles. The van der Waals surface area contributed by atoms with Crippen molar-refractivity contribution in [1.29, 1.82) is 0 Å². The van der Waals surface area contributed by atoms with Crippen LogP contribution < -0.4 is 4.74 Å². The molecule has 0 aliphatic heterocycles. The van der Waals surface area contributed by atoms with Crippen LogP contribution in [0.4, 0.5) is 0 Å². The Kier molecular flexibility index (Phi) is 8.50. The van der Waals surface area contributed by atoms with Crippen molar-refractivity contribution in [2.24, 2.45) is 0 Å². The Morgan fingerprint density at radius 2 is 2.10 bits per heavy atom. The SMILES string of the molecule is COCCOCCCOc1ccc(Cl)cc1/C=C/C(=O)O. The lowest BCUT2D eigenvalue weighted by Gasteiger charge is -2.10. The summed E-state index contributed by atoms with van der Waals surface area (Å²) in [5.41, 5.74) is 0.630. The van der Waals surface area contributed by atoms with E-state index in [0.717, 1.165) is 12.5 Å². The number of methoxy groups -OCH3 is 1. The Labute approximate surface area is 129 Å². The molecule has 1 aromatic carbocycles. The van der Waals surface area contributed by atoms with Crippen LogP contribution in [0, 0.1) is 0 Å². The average Bonchev–Trinajstić information content (AvgIpc) is 2.45. The van der Waals surface area contributed by atoms with Crippen LogP contribution in [0.3, 0.4) is 0 Å². The van der Waals surface area contributed by atoms with E-state index in [-0.39, 0.29) is 0 Å². The molecule has 0 atom stereocenters. The van der Waals surface area contributed by atoms with Crippen LogP contribution in [0.15, 0.2) is 24.3 Å². The molecular formula is C15H19ClO5. The molecule has 1 rings (SSSR count). The largest absolute Gasteiger partial charge is 0.493 e. The van der Waals surface area contributed by atoms with E-state index in [1.807, 2.05) is 0 Å². The highest BCUT2D eigenvalue weighted by Crippen LogP contribution is 2.24. The molecule has 0 saturated carbocycles. The van der Waals surface area contributed by atoms with Crippen molar-refractivity contribution in [1.82, 2.24) is 0 Å². The fraction of sp³-hybridized carbons (Fsp3) is 0.400. The summed E-state index contributed by atoms with van der Waals surface area (Å²) in [6, 6.07) is 5.07. The van der Waals surface area contributed by atoms with Gasteiger partial charge in [-0.3, -0.25) is 0 Å². The third-order valence-electron chi connectivity index (χ3n) is 2.50. The molecule has 0 aromatic heterocycles. The van der Waals surface area contributed by atoms with Gasteiger partial charge in [-0.1, -0.05) is 11.6 Å². The quantitative estimate of drug-likeness (QED) is 0.531. The molecule has 21 heavy (non-hydrogen) atoms. The van der Waals surface area contributed by atoms with Crippen LogP contribution >= 0.6 is 11.6 Å². The standard InChI is InChI=1S/C15H19ClO5/c1-19-9-10-20-7-2-8-21-14-5-4-13(16)11-12(14)3-6-15(17)18/h3-6,11H,2,7-10H2,1H3,(H,17,18)/b6-3+. The summed E-state index contributed by atoms with van der Waals surface area (Å²) < 4.78 is 15.8. The third-order valence-corrected chi connectivity index (χ3v) is 2.73. The lowest BCUT2D eigenvalue weighted by molar-refractivity contribution is -0.131. The van der Waals surface area contributed by atoms with Gasteiger partial charge in [0.25, 0.3) is 0 Å². The summed E-state index contributed by atoms with van der Waals surface area (Å²) in [6.07, 6.45) is 3.24. The van der Waals surface area contributed by atoms with Gasteiger partial charge >= 0.3 is 5.97 Å². The number of hydrogen-bond acceptors (Lipinski definition) is 4. The number of rotatable bonds is 10. The summed E-state index contributed by atoms with van der Waals surface area (Å²) in [6.45, 7) is 2.19. The van der Waals surface area contributed by atoms with Gasteiger partial charge in [0.15, 0.2) is 0 Å². The second-order valence-corrected chi connectivity index (χ2v) is 4.60. The van der Waals surface area contributed by atoms with Crippen LogP contribution in [-0.4, -0.2) is 44.6 Å². The predicted molar refractivity (Wildman–Crippen MR) is 80.9 cm³/mol. The Morgan fingerprint density at radius 1 is 1.29 bits per heavy atom. The number of ether oxygens (including phenoxy) is 3. The first kappa shape index (κ1) is 17.5. The molecule has 0 fully saturated rings. The molecule has 0 aliphatic rings. The molecule has 0 saturated heterocycles. The van der Waals surface area contributed by atoms with Crippen LogP contribution in [0.25, 0.3) is 6.08 Å². The second-order valence-electron chi connectivity index (χ2n) is 4.16. The molecule has 0 bridgehead atoms. The molecule has 1 N–H and O–H groups in total. The number of halogens is 1. The minimum absolute atomic E-state index is 0.475. The summed E-state index contributed by atoms with van der Waals surface area (Å²) >= 11 is 5.90. The summed E-state index contributed by atoms with van der Waals surface area (Å²) in [5.74, 6) is -0.429. The van der Waals surface area contributed by atoms with E-state index in [0.29, 0.717) is 42.8 Å². The van der Waals surface area contributed by atoms with E-state index < -0.39 is 5.97 Å². The first-order valence-corrected chi connectivity index (χ1v) is 6.91. The van der Waals surface area contributed by atoms with Crippen molar-refractivity contribution in [3.8, 4) is 5.75 Å². The van der Waals surface area contributed by atoms with Crippen LogP contribution in [-0.2, 0) is 14.3 Å². The highest BCUT2D eigenvalue weighted by Gasteiger charge is 2.03. The molecular weight excluding hydrogens is 296 g/mol. The van der Waals surface area contributed by atoms with Gasteiger partial charge in [-0.15, -0.1) is 0 Å². The maximum Gasteiger partial charge on any atom is 0.328 e. The lowest BCUT2D eigenvalue weighted by Crippen LogP contribution is -2.07. The Hall–Kier alpha value is -1.56. The molecule has 0 unspecified atom stereocenters. The van der Waals surface area contributed by atoms with Gasteiger partial charge in [-0.05, 0) is 24.3 Å². The van der Waals surface area contributed by atoms with Gasteiger partial charge in [-0.25, -0.2) is 4.79 Å². The second kappa shape index (κ2) is 10.2. The minimum Gasteiger partial charge on any atom is -0.493 e. The van der Waals surface area contributed by atoms with Gasteiger partial charge in [-0.2, -0.15) is 0 Å². The number of aliphatic carboxylic acids is 1. The Morgan fingerprint density at radius 3 is 2.81 bits per heavy atom. The fourth-order valence-corrected chi connectivity index (χ4v) is 1.71. The zero-order valence-corrected chi connectivity index (χ0v) is 12.6. The van der Waals surface area contributed by atoms with Gasteiger partial charge in [0.05, 0.1) is 19.8 Å².